The molecule has 0 aliphatic carbocycles. The molecule has 1 N–H and O–H groups in total. The van der Waals surface area contributed by atoms with Crippen LogP contribution < -0.4 is 14.8 Å². The molecule has 0 saturated heterocycles. The Morgan fingerprint density at radius 1 is 1.20 bits per heavy atom. The molecule has 0 amide bonds. The normalized spacial score (nSPS) is 10.2. The summed E-state index contributed by atoms with van der Waals surface area (Å²) in [7, 11) is 3.27. The molecule has 0 unspecified atom stereocenters. The van der Waals surface area contributed by atoms with E-state index in [1.807, 2.05) is 25.1 Å². The number of hydrogen-bond donors (Lipinski definition) is 1. The maximum atomic E-state index is 5.38. The lowest BCUT2D eigenvalue weighted by atomic mass is 10.2. The number of halogens is 1. The highest BCUT2D eigenvalue weighted by atomic mass is 79.9. The Bertz CT molecular complexity index is 602. The minimum Gasteiger partial charge on any atom is -0.495 e. The summed E-state index contributed by atoms with van der Waals surface area (Å²) in [6.07, 6.45) is 1.80. The van der Waals surface area contributed by atoms with E-state index in [-0.39, 0.29) is 0 Å². The number of anilines is 1. The average Bonchev–Trinajstić information content (AvgIpc) is 2.46. The molecule has 20 heavy (non-hydrogen) atoms. The Labute approximate surface area is 127 Å². The molecule has 1 heterocycles. The number of hydrogen-bond acceptors (Lipinski definition) is 4. The van der Waals surface area contributed by atoms with E-state index in [1.165, 1.54) is 0 Å². The van der Waals surface area contributed by atoms with Crippen molar-refractivity contribution in [3.63, 3.8) is 0 Å². The van der Waals surface area contributed by atoms with Crippen LogP contribution >= 0.6 is 15.9 Å². The molecule has 2 aromatic rings. The minimum atomic E-state index is 0.689. The van der Waals surface area contributed by atoms with Crippen LogP contribution in [0, 0.1) is 6.92 Å². The molecule has 1 aromatic heterocycles. The average molecular weight is 337 g/mol. The molecule has 5 heteroatoms. The summed E-state index contributed by atoms with van der Waals surface area (Å²) in [5.74, 6) is 1.48. The van der Waals surface area contributed by atoms with Crippen molar-refractivity contribution < 1.29 is 9.47 Å². The summed E-state index contributed by atoms with van der Waals surface area (Å²) in [6.45, 7) is 2.69. The standard InChI is InChI=1S/C15H17BrN2O2/c1-10-11(5-4-6-17-10)9-18-13-7-12(16)14(19-2)8-15(13)20-3/h4-8,18H,9H2,1-3H3. The van der Waals surface area contributed by atoms with Gasteiger partial charge in [0.25, 0.3) is 0 Å². The van der Waals surface area contributed by atoms with E-state index >= 15 is 0 Å². The second kappa shape index (κ2) is 6.61. The fourth-order valence-electron chi connectivity index (χ4n) is 1.89. The van der Waals surface area contributed by atoms with Gasteiger partial charge in [0.1, 0.15) is 11.5 Å². The van der Waals surface area contributed by atoms with Gasteiger partial charge >= 0.3 is 0 Å². The van der Waals surface area contributed by atoms with Crippen LogP contribution in [0.3, 0.4) is 0 Å². The van der Waals surface area contributed by atoms with Gasteiger partial charge in [0, 0.05) is 24.5 Å². The fourth-order valence-corrected chi connectivity index (χ4v) is 2.40. The van der Waals surface area contributed by atoms with Gasteiger partial charge in [0.15, 0.2) is 0 Å². The van der Waals surface area contributed by atoms with Gasteiger partial charge in [-0.2, -0.15) is 0 Å². The lowest BCUT2D eigenvalue weighted by Gasteiger charge is -2.14. The maximum Gasteiger partial charge on any atom is 0.145 e. The zero-order chi connectivity index (χ0) is 14.5. The molecule has 0 bridgehead atoms. The van der Waals surface area contributed by atoms with Gasteiger partial charge in [-0.25, -0.2) is 0 Å². The number of aromatic nitrogens is 1. The van der Waals surface area contributed by atoms with Crippen molar-refractivity contribution in [2.75, 3.05) is 19.5 Å². The molecule has 0 spiro atoms. The van der Waals surface area contributed by atoms with Crippen LogP contribution in [0.15, 0.2) is 34.9 Å². The van der Waals surface area contributed by atoms with Crippen LogP contribution in [0.5, 0.6) is 11.5 Å². The summed E-state index contributed by atoms with van der Waals surface area (Å²) in [6, 6.07) is 7.79. The Kier molecular flexibility index (Phi) is 4.84. The third-order valence-corrected chi connectivity index (χ3v) is 3.68. The molecule has 2 rings (SSSR count). The van der Waals surface area contributed by atoms with Crippen molar-refractivity contribution in [3.05, 3.63) is 46.2 Å². The first-order valence-corrected chi connectivity index (χ1v) is 7.01. The number of methoxy groups -OCH3 is 2. The van der Waals surface area contributed by atoms with Crippen LogP contribution in [0.1, 0.15) is 11.3 Å². The molecular weight excluding hydrogens is 320 g/mol. The first-order valence-electron chi connectivity index (χ1n) is 6.21. The first kappa shape index (κ1) is 14.7. The Balaban J connectivity index is 2.21. The molecule has 0 radical (unpaired) electrons. The third-order valence-electron chi connectivity index (χ3n) is 3.06. The van der Waals surface area contributed by atoms with Crippen LogP contribution in [0.4, 0.5) is 5.69 Å². The van der Waals surface area contributed by atoms with Crippen molar-refractivity contribution in [2.24, 2.45) is 0 Å². The van der Waals surface area contributed by atoms with Crippen molar-refractivity contribution in [3.8, 4) is 11.5 Å². The molecule has 0 atom stereocenters. The van der Waals surface area contributed by atoms with E-state index in [1.54, 1.807) is 20.4 Å². The van der Waals surface area contributed by atoms with Gasteiger partial charge in [0.2, 0.25) is 0 Å². The number of nitrogens with one attached hydrogen (secondary N) is 1. The number of benzene rings is 1. The number of rotatable bonds is 5. The SMILES string of the molecule is COc1cc(OC)c(NCc2cccnc2C)cc1Br. The van der Waals surface area contributed by atoms with Crippen molar-refractivity contribution >= 4 is 21.6 Å². The number of nitrogens with zero attached hydrogens (tertiary/aromatic N) is 1. The molecule has 1 aromatic carbocycles. The number of ether oxygens (including phenoxy) is 2. The van der Waals surface area contributed by atoms with Crippen LogP contribution in [0.2, 0.25) is 0 Å². The largest absolute Gasteiger partial charge is 0.495 e. The highest BCUT2D eigenvalue weighted by Gasteiger charge is 2.09. The van der Waals surface area contributed by atoms with Crippen molar-refractivity contribution in [1.82, 2.24) is 4.98 Å². The van der Waals surface area contributed by atoms with Crippen LogP contribution in [-0.4, -0.2) is 19.2 Å². The van der Waals surface area contributed by atoms with Gasteiger partial charge in [-0.3, -0.25) is 4.98 Å². The summed E-state index contributed by atoms with van der Waals surface area (Å²) in [5.41, 5.74) is 3.08. The predicted molar refractivity (Wildman–Crippen MR) is 83.5 cm³/mol. The van der Waals surface area contributed by atoms with Gasteiger partial charge in [-0.15, -0.1) is 0 Å². The summed E-state index contributed by atoms with van der Waals surface area (Å²) in [4.78, 5) is 4.28. The van der Waals surface area contributed by atoms with E-state index in [2.05, 4.69) is 32.3 Å². The molecule has 0 aliphatic heterocycles. The van der Waals surface area contributed by atoms with Crippen molar-refractivity contribution in [1.29, 1.82) is 0 Å². The predicted octanol–water partition coefficient (Wildman–Crippen LogP) is 3.78. The van der Waals surface area contributed by atoms with Gasteiger partial charge in [-0.1, -0.05) is 6.07 Å². The Morgan fingerprint density at radius 2 is 1.95 bits per heavy atom. The number of aryl methyl sites for hydroxylation is 1. The van der Waals surface area contributed by atoms with Gasteiger partial charge in [-0.05, 0) is 40.5 Å². The molecule has 0 saturated carbocycles. The zero-order valence-electron chi connectivity index (χ0n) is 11.7. The Morgan fingerprint density at radius 3 is 2.60 bits per heavy atom. The molecule has 0 fully saturated rings. The molecule has 106 valence electrons. The van der Waals surface area contributed by atoms with Crippen LogP contribution in [-0.2, 0) is 6.54 Å². The summed E-state index contributed by atoms with van der Waals surface area (Å²) >= 11 is 3.48. The topological polar surface area (TPSA) is 43.4 Å². The Hall–Kier alpha value is -1.75. The lowest BCUT2D eigenvalue weighted by molar-refractivity contribution is 0.393. The van der Waals surface area contributed by atoms with E-state index < -0.39 is 0 Å². The van der Waals surface area contributed by atoms with E-state index in [9.17, 15) is 0 Å². The first-order chi connectivity index (χ1) is 9.65. The maximum absolute atomic E-state index is 5.38. The summed E-state index contributed by atoms with van der Waals surface area (Å²) < 4.78 is 11.5. The molecule has 0 aliphatic rings. The molecule has 4 nitrogen and oxygen atoms in total. The minimum absolute atomic E-state index is 0.689. The van der Waals surface area contributed by atoms with Crippen LogP contribution in [0.25, 0.3) is 0 Å². The fraction of sp³-hybridized carbons (Fsp3) is 0.267. The van der Waals surface area contributed by atoms with Gasteiger partial charge < -0.3 is 14.8 Å². The summed E-state index contributed by atoms with van der Waals surface area (Å²) in [5, 5.41) is 3.36. The second-order valence-corrected chi connectivity index (χ2v) is 5.14. The number of pyridine rings is 1. The zero-order valence-corrected chi connectivity index (χ0v) is 13.3. The quantitative estimate of drug-likeness (QED) is 0.902. The second-order valence-electron chi connectivity index (χ2n) is 4.29. The van der Waals surface area contributed by atoms with E-state index in [0.29, 0.717) is 6.54 Å². The highest BCUT2D eigenvalue weighted by Crippen LogP contribution is 2.36. The lowest BCUT2D eigenvalue weighted by Crippen LogP contribution is -2.04. The molecular formula is C15H17BrN2O2. The van der Waals surface area contributed by atoms with Crippen molar-refractivity contribution in [2.45, 2.75) is 13.5 Å². The monoisotopic (exact) mass is 336 g/mol. The highest BCUT2D eigenvalue weighted by molar-refractivity contribution is 9.10. The van der Waals surface area contributed by atoms with E-state index in [0.717, 1.165) is 32.9 Å². The smallest absolute Gasteiger partial charge is 0.145 e. The third kappa shape index (κ3) is 3.22. The van der Waals surface area contributed by atoms with Gasteiger partial charge in [0.05, 0.1) is 24.4 Å². The van der Waals surface area contributed by atoms with E-state index in [4.69, 9.17) is 9.47 Å².